The number of nitrogens with zero attached hydrogens (tertiary/aromatic N) is 1. The third-order valence-electron chi connectivity index (χ3n) is 4.31. The van der Waals surface area contributed by atoms with E-state index in [4.69, 9.17) is 19.3 Å². The second-order valence-corrected chi connectivity index (χ2v) is 7.67. The highest BCUT2D eigenvalue weighted by atomic mass is 31.2. The third kappa shape index (κ3) is 5.68. The van der Waals surface area contributed by atoms with E-state index in [0.29, 0.717) is 0 Å². The number of hydrogen-bond acceptors (Lipinski definition) is 7. The SMILES string of the molecule is O=C(OCc1ccccc1)c1ccc[n+]([C@@H]2O[C@H](COP(=O)(O)O)[C@@H](O)[C@H]2O)c1. The summed E-state index contributed by atoms with van der Waals surface area (Å²) in [6.07, 6.45) is -2.18. The second kappa shape index (κ2) is 9.10. The molecule has 1 aromatic carbocycles. The first kappa shape index (κ1) is 21.5. The minimum absolute atomic E-state index is 0.0949. The van der Waals surface area contributed by atoms with Crippen molar-refractivity contribution >= 4 is 13.8 Å². The van der Waals surface area contributed by atoms with Gasteiger partial charge in [0.1, 0.15) is 24.4 Å². The number of benzene rings is 1. The summed E-state index contributed by atoms with van der Waals surface area (Å²) < 4.78 is 27.3. The Morgan fingerprint density at radius 1 is 1.10 bits per heavy atom. The maximum absolute atomic E-state index is 12.3. The Bertz CT molecular complexity index is 888. The summed E-state index contributed by atoms with van der Waals surface area (Å²) in [6.45, 7) is -0.518. The molecule has 4 atom stereocenters. The van der Waals surface area contributed by atoms with E-state index in [0.717, 1.165) is 5.56 Å². The average molecular weight is 426 g/mol. The van der Waals surface area contributed by atoms with Crippen LogP contribution in [0.15, 0.2) is 54.9 Å². The van der Waals surface area contributed by atoms with E-state index < -0.39 is 44.9 Å². The maximum atomic E-state index is 12.3. The first-order chi connectivity index (χ1) is 13.7. The van der Waals surface area contributed by atoms with Crippen LogP contribution in [0, 0.1) is 0 Å². The molecule has 1 aliphatic rings. The number of esters is 1. The number of carbonyl (C=O) groups is 1. The van der Waals surface area contributed by atoms with Crippen LogP contribution >= 0.6 is 7.82 Å². The van der Waals surface area contributed by atoms with E-state index in [2.05, 4.69) is 4.52 Å². The average Bonchev–Trinajstić information content (AvgIpc) is 2.99. The molecule has 0 bridgehead atoms. The lowest BCUT2D eigenvalue weighted by molar-refractivity contribution is -0.765. The number of phosphoric acid groups is 1. The predicted molar refractivity (Wildman–Crippen MR) is 96.1 cm³/mol. The largest absolute Gasteiger partial charge is 0.469 e. The molecule has 3 rings (SSSR count). The van der Waals surface area contributed by atoms with Gasteiger partial charge in [0.25, 0.3) is 6.23 Å². The molecule has 1 saturated heterocycles. The Kier molecular flexibility index (Phi) is 6.76. The highest BCUT2D eigenvalue weighted by molar-refractivity contribution is 7.46. The third-order valence-corrected chi connectivity index (χ3v) is 4.79. The van der Waals surface area contributed by atoms with Crippen LogP contribution in [0.25, 0.3) is 0 Å². The van der Waals surface area contributed by atoms with Gasteiger partial charge in [0.15, 0.2) is 18.5 Å². The molecule has 0 radical (unpaired) electrons. The number of aliphatic hydroxyl groups is 2. The van der Waals surface area contributed by atoms with Gasteiger partial charge in [0.2, 0.25) is 0 Å². The van der Waals surface area contributed by atoms with Gasteiger partial charge in [-0.25, -0.2) is 9.36 Å². The zero-order valence-corrected chi connectivity index (χ0v) is 16.0. The molecule has 0 amide bonds. The highest BCUT2D eigenvalue weighted by Gasteiger charge is 2.49. The Morgan fingerprint density at radius 3 is 2.52 bits per heavy atom. The summed E-state index contributed by atoms with van der Waals surface area (Å²) in [7, 11) is -4.75. The van der Waals surface area contributed by atoms with Crippen LogP contribution < -0.4 is 4.57 Å². The van der Waals surface area contributed by atoms with Crippen molar-refractivity contribution in [3.63, 3.8) is 0 Å². The molecule has 2 heterocycles. The van der Waals surface area contributed by atoms with Crippen molar-refractivity contribution in [2.45, 2.75) is 31.1 Å². The second-order valence-electron chi connectivity index (χ2n) is 6.43. The molecule has 1 fully saturated rings. The van der Waals surface area contributed by atoms with Crippen molar-refractivity contribution < 1.29 is 47.9 Å². The van der Waals surface area contributed by atoms with Crippen molar-refractivity contribution in [1.29, 1.82) is 0 Å². The van der Waals surface area contributed by atoms with Crippen LogP contribution in [-0.4, -0.2) is 50.9 Å². The standard InChI is InChI=1S/C18H20NO9P/c20-15-14(11-27-29(23,24)25)28-17(16(15)21)19-8-4-7-13(9-19)18(22)26-10-12-5-2-1-3-6-12/h1-9,14-17,20-21H,10-11H2,(H-,23,24,25)/p+1/t14-,15-,16-,17-/m1/s1. The van der Waals surface area contributed by atoms with Gasteiger partial charge in [-0.05, 0) is 11.6 Å². The van der Waals surface area contributed by atoms with E-state index in [9.17, 15) is 19.6 Å². The molecule has 0 unspecified atom stereocenters. The Balaban J connectivity index is 1.66. The fraction of sp³-hybridized carbons (Fsp3) is 0.333. The number of aliphatic hydroxyl groups excluding tert-OH is 2. The number of ether oxygens (including phenoxy) is 2. The Labute approximate surface area is 166 Å². The number of carbonyl (C=O) groups excluding carboxylic acids is 1. The fourth-order valence-electron chi connectivity index (χ4n) is 2.86. The lowest BCUT2D eigenvalue weighted by atomic mass is 10.1. The molecular formula is C18H21NO9P+. The lowest BCUT2D eigenvalue weighted by Gasteiger charge is -2.13. The normalized spacial score (nSPS) is 24.4. The zero-order valence-electron chi connectivity index (χ0n) is 15.1. The van der Waals surface area contributed by atoms with Gasteiger partial charge in [-0.15, -0.1) is 0 Å². The number of phosphoric ester groups is 1. The van der Waals surface area contributed by atoms with Gasteiger partial charge in [0, 0.05) is 6.07 Å². The van der Waals surface area contributed by atoms with E-state index in [1.165, 1.54) is 23.0 Å². The van der Waals surface area contributed by atoms with Gasteiger partial charge >= 0.3 is 13.8 Å². The molecule has 0 spiro atoms. The minimum atomic E-state index is -4.75. The smallest absolute Gasteiger partial charge is 0.457 e. The summed E-state index contributed by atoms with van der Waals surface area (Å²) in [5, 5.41) is 20.3. The van der Waals surface area contributed by atoms with Gasteiger partial charge < -0.3 is 29.5 Å². The van der Waals surface area contributed by atoms with Crippen molar-refractivity contribution in [2.75, 3.05) is 6.61 Å². The van der Waals surface area contributed by atoms with Crippen LogP contribution in [0.2, 0.25) is 0 Å². The summed E-state index contributed by atoms with van der Waals surface area (Å²) in [5.74, 6) is -0.586. The summed E-state index contributed by atoms with van der Waals surface area (Å²) in [6, 6.07) is 12.2. The van der Waals surface area contributed by atoms with Crippen LogP contribution in [0.3, 0.4) is 0 Å². The predicted octanol–water partition coefficient (Wildman–Crippen LogP) is 0.0596. The van der Waals surface area contributed by atoms with Crippen molar-refractivity contribution in [2.24, 2.45) is 0 Å². The highest BCUT2D eigenvalue weighted by Crippen LogP contribution is 2.37. The Morgan fingerprint density at radius 2 is 1.83 bits per heavy atom. The quantitative estimate of drug-likeness (QED) is 0.274. The van der Waals surface area contributed by atoms with Crippen molar-refractivity contribution in [3.05, 3.63) is 66.0 Å². The molecule has 0 aliphatic carbocycles. The molecule has 29 heavy (non-hydrogen) atoms. The monoisotopic (exact) mass is 426 g/mol. The van der Waals surface area contributed by atoms with Crippen molar-refractivity contribution in [1.82, 2.24) is 0 Å². The molecule has 10 nitrogen and oxygen atoms in total. The molecule has 156 valence electrons. The number of hydrogen-bond donors (Lipinski definition) is 4. The first-order valence-corrected chi connectivity index (χ1v) is 10.2. The maximum Gasteiger partial charge on any atom is 0.469 e. The van der Waals surface area contributed by atoms with Crippen LogP contribution in [0.1, 0.15) is 22.1 Å². The van der Waals surface area contributed by atoms with Crippen molar-refractivity contribution in [3.8, 4) is 0 Å². The summed E-state index contributed by atoms with van der Waals surface area (Å²) >= 11 is 0. The topological polar surface area (TPSA) is 147 Å². The van der Waals surface area contributed by atoms with E-state index in [1.807, 2.05) is 30.3 Å². The number of pyridine rings is 1. The van der Waals surface area contributed by atoms with E-state index in [1.54, 1.807) is 6.07 Å². The van der Waals surface area contributed by atoms with Crippen LogP contribution in [-0.2, 0) is 25.2 Å². The van der Waals surface area contributed by atoms with Gasteiger partial charge in [-0.1, -0.05) is 30.3 Å². The van der Waals surface area contributed by atoms with Crippen LogP contribution in [0.4, 0.5) is 0 Å². The summed E-state index contributed by atoms with van der Waals surface area (Å²) in [5.41, 5.74) is 1.03. The minimum Gasteiger partial charge on any atom is -0.457 e. The van der Waals surface area contributed by atoms with Gasteiger partial charge in [-0.2, -0.15) is 4.57 Å². The number of rotatable bonds is 7. The molecule has 4 N–H and O–H groups in total. The van der Waals surface area contributed by atoms with E-state index in [-0.39, 0.29) is 12.2 Å². The Hall–Kier alpha value is -2.17. The molecule has 0 saturated carbocycles. The fourth-order valence-corrected chi connectivity index (χ4v) is 3.20. The molecule has 11 heteroatoms. The summed E-state index contributed by atoms with van der Waals surface area (Å²) in [4.78, 5) is 29.9. The molecular weight excluding hydrogens is 405 g/mol. The molecule has 2 aromatic rings. The van der Waals surface area contributed by atoms with Gasteiger partial charge in [-0.3, -0.25) is 4.52 Å². The number of aromatic nitrogens is 1. The van der Waals surface area contributed by atoms with Crippen LogP contribution in [0.5, 0.6) is 0 Å². The van der Waals surface area contributed by atoms with Gasteiger partial charge in [0.05, 0.1) is 6.61 Å². The zero-order chi connectivity index (χ0) is 21.0. The first-order valence-electron chi connectivity index (χ1n) is 8.68. The van der Waals surface area contributed by atoms with E-state index >= 15 is 0 Å². The molecule has 1 aromatic heterocycles. The molecule has 1 aliphatic heterocycles. The lowest BCUT2D eigenvalue weighted by Crippen LogP contribution is -2.46.